The van der Waals surface area contributed by atoms with Crippen molar-refractivity contribution in [3.8, 4) is 5.75 Å². The topological polar surface area (TPSA) is 49.7 Å². The van der Waals surface area contributed by atoms with E-state index < -0.39 is 6.10 Å². The SMILES string of the molecule is CCOCC(O)Cc1ccc(O)cc1. The predicted octanol–water partition coefficient (Wildman–Crippen LogP) is 1.33. The van der Waals surface area contributed by atoms with Crippen LogP contribution in [0.1, 0.15) is 12.5 Å². The molecule has 0 saturated carbocycles. The highest BCUT2D eigenvalue weighted by Gasteiger charge is 2.04. The fourth-order valence-electron chi connectivity index (χ4n) is 1.22. The van der Waals surface area contributed by atoms with Crippen LogP contribution in [0.4, 0.5) is 0 Å². The van der Waals surface area contributed by atoms with Gasteiger partial charge in [-0.1, -0.05) is 12.1 Å². The quantitative estimate of drug-likeness (QED) is 0.747. The molecule has 0 heterocycles. The Hall–Kier alpha value is -1.06. The van der Waals surface area contributed by atoms with Crippen LogP contribution in [-0.2, 0) is 11.2 Å². The van der Waals surface area contributed by atoms with E-state index >= 15 is 0 Å². The summed E-state index contributed by atoms with van der Waals surface area (Å²) in [5.41, 5.74) is 0.995. The van der Waals surface area contributed by atoms with E-state index in [0.717, 1.165) is 5.56 Å². The molecule has 1 rings (SSSR count). The molecule has 3 nitrogen and oxygen atoms in total. The van der Waals surface area contributed by atoms with Crippen molar-refractivity contribution in [3.05, 3.63) is 29.8 Å². The predicted molar refractivity (Wildman–Crippen MR) is 54.3 cm³/mol. The molecule has 0 saturated heterocycles. The molecule has 0 spiro atoms. The van der Waals surface area contributed by atoms with Gasteiger partial charge in [-0.3, -0.25) is 0 Å². The number of hydrogen-bond acceptors (Lipinski definition) is 3. The molecule has 1 unspecified atom stereocenters. The van der Waals surface area contributed by atoms with Crippen molar-refractivity contribution >= 4 is 0 Å². The van der Waals surface area contributed by atoms with Crippen molar-refractivity contribution in [2.24, 2.45) is 0 Å². The Morgan fingerprint density at radius 1 is 1.29 bits per heavy atom. The van der Waals surface area contributed by atoms with Crippen LogP contribution in [0.3, 0.4) is 0 Å². The zero-order valence-electron chi connectivity index (χ0n) is 8.31. The Balaban J connectivity index is 2.39. The van der Waals surface area contributed by atoms with Crippen LogP contribution >= 0.6 is 0 Å². The standard InChI is InChI=1S/C11H16O3/c1-2-14-8-11(13)7-9-3-5-10(12)6-4-9/h3-6,11-13H,2,7-8H2,1H3. The smallest absolute Gasteiger partial charge is 0.115 e. The Morgan fingerprint density at radius 2 is 1.93 bits per heavy atom. The summed E-state index contributed by atoms with van der Waals surface area (Å²) in [6, 6.07) is 6.82. The summed E-state index contributed by atoms with van der Waals surface area (Å²) in [5, 5.41) is 18.6. The molecular formula is C11H16O3. The van der Waals surface area contributed by atoms with Crippen LogP contribution in [-0.4, -0.2) is 29.5 Å². The van der Waals surface area contributed by atoms with E-state index in [9.17, 15) is 5.11 Å². The summed E-state index contributed by atoms with van der Waals surface area (Å²) in [4.78, 5) is 0. The van der Waals surface area contributed by atoms with E-state index in [1.54, 1.807) is 24.3 Å². The van der Waals surface area contributed by atoms with Gasteiger partial charge in [0, 0.05) is 13.0 Å². The number of phenolic OH excluding ortho intramolecular Hbond substituents is 1. The number of aliphatic hydroxyl groups excluding tert-OH is 1. The molecular weight excluding hydrogens is 180 g/mol. The molecule has 0 aliphatic carbocycles. The van der Waals surface area contributed by atoms with Crippen LogP contribution in [0.5, 0.6) is 5.75 Å². The average molecular weight is 196 g/mol. The van der Waals surface area contributed by atoms with Crippen molar-refractivity contribution in [1.29, 1.82) is 0 Å². The van der Waals surface area contributed by atoms with Gasteiger partial charge in [-0.05, 0) is 24.6 Å². The van der Waals surface area contributed by atoms with Crippen molar-refractivity contribution in [2.75, 3.05) is 13.2 Å². The maximum atomic E-state index is 9.52. The molecule has 3 heteroatoms. The Labute approximate surface area is 84.0 Å². The van der Waals surface area contributed by atoms with Gasteiger partial charge in [0.25, 0.3) is 0 Å². The van der Waals surface area contributed by atoms with Gasteiger partial charge in [0.15, 0.2) is 0 Å². The number of benzene rings is 1. The second-order valence-corrected chi connectivity index (χ2v) is 3.18. The Bertz CT molecular complexity index is 256. The number of rotatable bonds is 5. The zero-order valence-corrected chi connectivity index (χ0v) is 8.31. The fraction of sp³-hybridized carbons (Fsp3) is 0.455. The minimum Gasteiger partial charge on any atom is -0.508 e. The van der Waals surface area contributed by atoms with E-state index in [0.29, 0.717) is 19.6 Å². The lowest BCUT2D eigenvalue weighted by Crippen LogP contribution is -2.17. The lowest BCUT2D eigenvalue weighted by Gasteiger charge is -2.10. The van der Waals surface area contributed by atoms with E-state index in [2.05, 4.69) is 0 Å². The largest absolute Gasteiger partial charge is 0.508 e. The van der Waals surface area contributed by atoms with E-state index in [-0.39, 0.29) is 5.75 Å². The second-order valence-electron chi connectivity index (χ2n) is 3.18. The zero-order chi connectivity index (χ0) is 10.4. The third kappa shape index (κ3) is 3.77. The summed E-state index contributed by atoms with van der Waals surface area (Å²) in [6.07, 6.45) is 0.0831. The lowest BCUT2D eigenvalue weighted by molar-refractivity contribution is 0.0430. The molecule has 78 valence electrons. The Morgan fingerprint density at radius 3 is 2.50 bits per heavy atom. The first-order valence-electron chi connectivity index (χ1n) is 4.76. The van der Waals surface area contributed by atoms with Gasteiger partial charge in [0.1, 0.15) is 5.75 Å². The first-order chi connectivity index (χ1) is 6.72. The number of ether oxygens (including phenoxy) is 1. The first-order valence-corrected chi connectivity index (χ1v) is 4.76. The molecule has 0 fully saturated rings. The molecule has 14 heavy (non-hydrogen) atoms. The molecule has 0 bridgehead atoms. The summed E-state index contributed by atoms with van der Waals surface area (Å²) in [6.45, 7) is 2.87. The van der Waals surface area contributed by atoms with E-state index in [4.69, 9.17) is 9.84 Å². The maximum absolute atomic E-state index is 9.52. The van der Waals surface area contributed by atoms with Crippen molar-refractivity contribution in [1.82, 2.24) is 0 Å². The van der Waals surface area contributed by atoms with Crippen LogP contribution in [0.2, 0.25) is 0 Å². The summed E-state index contributed by atoms with van der Waals surface area (Å²) >= 11 is 0. The fourth-order valence-corrected chi connectivity index (χ4v) is 1.22. The minimum atomic E-state index is -0.473. The molecule has 0 aromatic heterocycles. The van der Waals surface area contributed by atoms with Gasteiger partial charge in [-0.2, -0.15) is 0 Å². The van der Waals surface area contributed by atoms with Crippen molar-refractivity contribution in [3.63, 3.8) is 0 Å². The summed E-state index contributed by atoms with van der Waals surface area (Å²) in [5.74, 6) is 0.244. The average Bonchev–Trinajstić information content (AvgIpc) is 2.18. The normalized spacial score (nSPS) is 12.7. The molecule has 0 radical (unpaired) electrons. The molecule has 0 amide bonds. The van der Waals surface area contributed by atoms with E-state index in [1.165, 1.54) is 0 Å². The van der Waals surface area contributed by atoms with Crippen LogP contribution < -0.4 is 0 Å². The van der Waals surface area contributed by atoms with Gasteiger partial charge < -0.3 is 14.9 Å². The summed E-state index contributed by atoms with van der Waals surface area (Å²) in [7, 11) is 0. The monoisotopic (exact) mass is 196 g/mol. The van der Waals surface area contributed by atoms with Crippen molar-refractivity contribution < 1.29 is 14.9 Å². The Kier molecular flexibility index (Phi) is 4.43. The molecule has 1 aromatic rings. The first kappa shape index (κ1) is 11.0. The van der Waals surface area contributed by atoms with Gasteiger partial charge in [-0.15, -0.1) is 0 Å². The number of phenols is 1. The van der Waals surface area contributed by atoms with Gasteiger partial charge in [0.2, 0.25) is 0 Å². The molecule has 1 atom stereocenters. The lowest BCUT2D eigenvalue weighted by atomic mass is 10.1. The molecule has 0 aliphatic heterocycles. The minimum absolute atomic E-state index is 0.244. The molecule has 0 aliphatic rings. The number of hydrogen-bond donors (Lipinski definition) is 2. The highest BCUT2D eigenvalue weighted by atomic mass is 16.5. The van der Waals surface area contributed by atoms with Gasteiger partial charge in [-0.25, -0.2) is 0 Å². The third-order valence-corrected chi connectivity index (χ3v) is 1.92. The molecule has 2 N–H and O–H groups in total. The molecule has 1 aromatic carbocycles. The van der Waals surface area contributed by atoms with Crippen LogP contribution in [0.25, 0.3) is 0 Å². The highest BCUT2D eigenvalue weighted by Crippen LogP contribution is 2.11. The van der Waals surface area contributed by atoms with Crippen LogP contribution in [0, 0.1) is 0 Å². The second kappa shape index (κ2) is 5.62. The van der Waals surface area contributed by atoms with Gasteiger partial charge >= 0.3 is 0 Å². The van der Waals surface area contributed by atoms with Crippen LogP contribution in [0.15, 0.2) is 24.3 Å². The maximum Gasteiger partial charge on any atom is 0.115 e. The summed E-state index contributed by atoms with van der Waals surface area (Å²) < 4.78 is 5.09. The van der Waals surface area contributed by atoms with Crippen molar-refractivity contribution in [2.45, 2.75) is 19.4 Å². The third-order valence-electron chi connectivity index (χ3n) is 1.92. The highest BCUT2D eigenvalue weighted by molar-refractivity contribution is 5.26. The van der Waals surface area contributed by atoms with Gasteiger partial charge in [0.05, 0.1) is 12.7 Å². The van der Waals surface area contributed by atoms with E-state index in [1.807, 2.05) is 6.92 Å². The number of aliphatic hydroxyl groups is 1. The number of aromatic hydroxyl groups is 1.